The Morgan fingerprint density at radius 3 is 2.58 bits per heavy atom. The summed E-state index contributed by atoms with van der Waals surface area (Å²) >= 11 is 2.01. The normalized spacial score (nSPS) is 28.6. The Bertz CT molecular complexity index is 939. The standard InChI is InChI=1S/C13H14N4O6S3/c1-26(22,23)3-4(5-2-24-13(15)16-5)8(18)6-10(19)17-7(12(20)21)9(14)25-11(6)17/h2-3,6-7,9,11H,14H2,1H3,(H2,15,16)(H,20,21)/t6?,7?,9?,11-/m1/s1. The van der Waals surface area contributed by atoms with Crippen molar-refractivity contribution in [1.82, 2.24) is 9.88 Å². The molecule has 0 radical (unpaired) electrons. The highest BCUT2D eigenvalue weighted by atomic mass is 32.2. The molecule has 3 rings (SSSR count). The molecule has 1 amide bonds. The number of carbonyl (C=O) groups is 3. The van der Waals surface area contributed by atoms with Crippen LogP contribution in [0.1, 0.15) is 5.69 Å². The summed E-state index contributed by atoms with van der Waals surface area (Å²) in [6, 6.07) is -1.22. The first kappa shape index (κ1) is 18.8. The lowest BCUT2D eigenvalue weighted by Gasteiger charge is -2.42. The van der Waals surface area contributed by atoms with E-state index in [1.165, 1.54) is 5.38 Å². The maximum atomic E-state index is 12.9. The molecular weight excluding hydrogens is 404 g/mol. The number of nitrogen functional groups attached to an aromatic ring is 1. The number of anilines is 1. The van der Waals surface area contributed by atoms with Crippen molar-refractivity contribution in [2.75, 3.05) is 12.0 Å². The van der Waals surface area contributed by atoms with Gasteiger partial charge >= 0.3 is 5.97 Å². The Balaban J connectivity index is 1.96. The first-order chi connectivity index (χ1) is 12.0. The third-order valence-electron chi connectivity index (χ3n) is 3.92. The number of aromatic nitrogens is 1. The van der Waals surface area contributed by atoms with Crippen molar-refractivity contribution in [1.29, 1.82) is 0 Å². The van der Waals surface area contributed by atoms with E-state index in [2.05, 4.69) is 4.98 Å². The number of nitrogens with zero attached hydrogens (tertiary/aromatic N) is 2. The van der Waals surface area contributed by atoms with E-state index in [-0.39, 0.29) is 16.4 Å². The molecule has 0 aromatic carbocycles. The second-order valence-electron chi connectivity index (χ2n) is 5.79. The van der Waals surface area contributed by atoms with Crippen LogP contribution in [0.2, 0.25) is 0 Å². The zero-order valence-electron chi connectivity index (χ0n) is 13.2. The van der Waals surface area contributed by atoms with Crippen LogP contribution in [-0.2, 0) is 24.2 Å². The summed E-state index contributed by atoms with van der Waals surface area (Å²) in [4.78, 5) is 41.5. The van der Waals surface area contributed by atoms with E-state index in [9.17, 15) is 27.9 Å². The smallest absolute Gasteiger partial charge is 0.328 e. The largest absolute Gasteiger partial charge is 0.480 e. The maximum Gasteiger partial charge on any atom is 0.328 e. The number of sulfone groups is 1. The number of thiazole rings is 1. The van der Waals surface area contributed by atoms with Crippen molar-refractivity contribution in [3.8, 4) is 0 Å². The minimum Gasteiger partial charge on any atom is -0.480 e. The number of aliphatic carboxylic acids is 1. The molecule has 140 valence electrons. The third-order valence-corrected chi connectivity index (χ3v) is 6.61. The molecule has 2 fully saturated rings. The van der Waals surface area contributed by atoms with Gasteiger partial charge in [0, 0.05) is 17.0 Å². The molecule has 3 unspecified atom stereocenters. The maximum absolute atomic E-state index is 12.9. The molecule has 0 bridgehead atoms. The lowest BCUT2D eigenvalue weighted by molar-refractivity contribution is -0.164. The molecule has 0 saturated carbocycles. The van der Waals surface area contributed by atoms with E-state index in [1.54, 1.807) is 0 Å². The number of hydrogen-bond acceptors (Lipinski definition) is 10. The highest BCUT2D eigenvalue weighted by Gasteiger charge is 2.62. The second kappa shape index (κ2) is 6.33. The number of hydrogen-bond donors (Lipinski definition) is 3. The minimum absolute atomic E-state index is 0.0521. The van der Waals surface area contributed by atoms with E-state index >= 15 is 0 Å². The van der Waals surface area contributed by atoms with Gasteiger partial charge in [-0.1, -0.05) is 0 Å². The fourth-order valence-corrected chi connectivity index (χ4v) is 5.57. The topological polar surface area (TPSA) is 174 Å². The van der Waals surface area contributed by atoms with Gasteiger partial charge in [-0.25, -0.2) is 18.2 Å². The SMILES string of the molecule is CS(=O)(=O)C=C(C(=O)C1C(=O)N2C(C(=O)O)C(N)S[C@H]12)c1csc(N)n1. The molecule has 5 N–H and O–H groups in total. The fourth-order valence-electron chi connectivity index (χ4n) is 2.86. The molecule has 2 saturated heterocycles. The fraction of sp³-hybridized carbons (Fsp3) is 0.385. The van der Waals surface area contributed by atoms with E-state index in [1.807, 2.05) is 0 Å². The number of β-lactam (4-membered cyclic amide) rings is 1. The van der Waals surface area contributed by atoms with Gasteiger partial charge in [0.15, 0.2) is 26.8 Å². The Hall–Kier alpha value is -1.96. The van der Waals surface area contributed by atoms with Gasteiger partial charge < -0.3 is 21.5 Å². The number of Topliss-reactive ketones (excluding diaryl/α,β-unsaturated/α-hetero) is 1. The zero-order valence-corrected chi connectivity index (χ0v) is 15.7. The van der Waals surface area contributed by atoms with Crippen LogP contribution < -0.4 is 11.5 Å². The molecule has 2 aliphatic heterocycles. The van der Waals surface area contributed by atoms with Crippen LogP contribution in [0, 0.1) is 5.92 Å². The number of ketones is 1. The number of amides is 1. The molecular formula is C13H14N4O6S3. The second-order valence-corrected chi connectivity index (χ2v) is 9.88. The number of carboxylic acids is 1. The number of thioether (sulfide) groups is 1. The summed E-state index contributed by atoms with van der Waals surface area (Å²) < 4.78 is 23.4. The van der Waals surface area contributed by atoms with Gasteiger partial charge in [-0.05, 0) is 0 Å². The summed E-state index contributed by atoms with van der Waals surface area (Å²) in [6.07, 6.45) is 0.908. The van der Waals surface area contributed by atoms with E-state index in [0.29, 0.717) is 0 Å². The number of nitrogens with two attached hydrogens (primary N) is 2. The highest BCUT2D eigenvalue weighted by molar-refractivity contribution is 8.01. The zero-order chi connectivity index (χ0) is 19.4. The molecule has 26 heavy (non-hydrogen) atoms. The van der Waals surface area contributed by atoms with Crippen LogP contribution in [0.4, 0.5) is 5.13 Å². The van der Waals surface area contributed by atoms with Crippen molar-refractivity contribution >= 4 is 61.3 Å². The molecule has 0 spiro atoms. The average molecular weight is 418 g/mol. The number of fused-ring (bicyclic) bond motifs is 1. The van der Waals surface area contributed by atoms with Crippen LogP contribution in [0.5, 0.6) is 0 Å². The summed E-state index contributed by atoms with van der Waals surface area (Å²) in [5, 5.41) is 9.86. The lowest BCUT2D eigenvalue weighted by Crippen LogP contribution is -2.64. The van der Waals surface area contributed by atoms with Crippen molar-refractivity contribution in [2.45, 2.75) is 16.8 Å². The van der Waals surface area contributed by atoms with Crippen LogP contribution in [0.3, 0.4) is 0 Å². The molecule has 10 nitrogen and oxygen atoms in total. The molecule has 0 aliphatic carbocycles. The van der Waals surface area contributed by atoms with Gasteiger partial charge in [0.25, 0.3) is 0 Å². The predicted molar refractivity (Wildman–Crippen MR) is 95.5 cm³/mol. The van der Waals surface area contributed by atoms with Gasteiger partial charge in [0.2, 0.25) is 5.91 Å². The Labute approximate surface area is 156 Å². The molecule has 1 aromatic heterocycles. The number of rotatable bonds is 5. The predicted octanol–water partition coefficient (Wildman–Crippen LogP) is -1.05. The van der Waals surface area contributed by atoms with Gasteiger partial charge in [-0.2, -0.15) is 0 Å². The van der Waals surface area contributed by atoms with Crippen LogP contribution in [-0.4, -0.2) is 64.1 Å². The van der Waals surface area contributed by atoms with Crippen molar-refractivity contribution < 1.29 is 27.9 Å². The number of carbonyl (C=O) groups excluding carboxylic acids is 2. The van der Waals surface area contributed by atoms with Crippen LogP contribution in [0.15, 0.2) is 10.8 Å². The van der Waals surface area contributed by atoms with Crippen molar-refractivity contribution in [2.24, 2.45) is 11.7 Å². The molecule has 3 heterocycles. The Kier molecular flexibility index (Phi) is 4.58. The molecule has 13 heteroatoms. The van der Waals surface area contributed by atoms with Crippen molar-refractivity contribution in [3.63, 3.8) is 0 Å². The van der Waals surface area contributed by atoms with Crippen molar-refractivity contribution in [3.05, 3.63) is 16.5 Å². The van der Waals surface area contributed by atoms with Gasteiger partial charge in [-0.3, -0.25) is 9.59 Å². The number of carboxylic acid groups (broad SMARTS) is 1. The number of allylic oxidation sites excluding steroid dienone is 1. The molecule has 2 aliphatic rings. The highest BCUT2D eigenvalue weighted by Crippen LogP contribution is 2.47. The molecule has 4 atom stereocenters. The lowest BCUT2D eigenvalue weighted by atomic mass is 9.87. The van der Waals surface area contributed by atoms with E-state index < -0.39 is 50.2 Å². The third kappa shape index (κ3) is 3.11. The monoisotopic (exact) mass is 418 g/mol. The Morgan fingerprint density at radius 2 is 2.08 bits per heavy atom. The first-order valence-corrected chi connectivity index (χ1v) is 10.9. The van der Waals surface area contributed by atoms with Gasteiger partial charge in [-0.15, -0.1) is 23.1 Å². The summed E-state index contributed by atoms with van der Waals surface area (Å²) in [5.74, 6) is -3.93. The summed E-state index contributed by atoms with van der Waals surface area (Å²) in [6.45, 7) is 0. The van der Waals surface area contributed by atoms with Crippen LogP contribution in [0.25, 0.3) is 5.57 Å². The average Bonchev–Trinajstić information content (AvgIpc) is 3.05. The first-order valence-electron chi connectivity index (χ1n) is 7.14. The minimum atomic E-state index is -3.71. The van der Waals surface area contributed by atoms with Gasteiger partial charge in [0.05, 0.1) is 22.0 Å². The van der Waals surface area contributed by atoms with E-state index in [0.717, 1.165) is 39.7 Å². The van der Waals surface area contributed by atoms with E-state index in [4.69, 9.17) is 11.5 Å². The van der Waals surface area contributed by atoms with Gasteiger partial charge in [0.1, 0.15) is 5.92 Å². The Morgan fingerprint density at radius 1 is 1.42 bits per heavy atom. The summed E-state index contributed by atoms with van der Waals surface area (Å²) in [5.41, 5.74) is 11.1. The van der Waals surface area contributed by atoms with Crippen LogP contribution >= 0.6 is 23.1 Å². The summed E-state index contributed by atoms with van der Waals surface area (Å²) in [7, 11) is -3.71. The quantitative estimate of drug-likeness (QED) is 0.304. The molecule has 1 aromatic rings.